The zero-order valence-corrected chi connectivity index (χ0v) is 10.4. The largest absolute Gasteiger partial charge is 0.293 e. The number of nitriles is 1. The maximum Gasteiger partial charge on any atom is 0.173 e. The van der Waals surface area contributed by atoms with Gasteiger partial charge in [0.2, 0.25) is 0 Å². The molecule has 0 unspecified atom stereocenters. The van der Waals surface area contributed by atoms with Crippen LogP contribution < -0.4 is 0 Å². The van der Waals surface area contributed by atoms with Crippen LogP contribution in [0.4, 0.5) is 0 Å². The lowest BCUT2D eigenvalue weighted by molar-refractivity contribution is 0.102. The predicted octanol–water partition coefficient (Wildman–Crippen LogP) is 2.93. The van der Waals surface area contributed by atoms with E-state index in [-0.39, 0.29) is 5.78 Å². The van der Waals surface area contributed by atoms with Crippen molar-refractivity contribution < 1.29 is 4.79 Å². The number of rotatable bonds is 4. The highest BCUT2D eigenvalue weighted by Gasteiger charge is 2.06. The van der Waals surface area contributed by atoms with Crippen LogP contribution in [0.2, 0.25) is 0 Å². The minimum absolute atomic E-state index is 0.0600. The van der Waals surface area contributed by atoms with Gasteiger partial charge in [0.25, 0.3) is 0 Å². The van der Waals surface area contributed by atoms with Crippen molar-refractivity contribution in [1.82, 2.24) is 4.98 Å². The number of pyridine rings is 1. The van der Waals surface area contributed by atoms with E-state index in [9.17, 15) is 4.79 Å². The Bertz CT molecular complexity index is 590. The minimum atomic E-state index is 0.0600. The second-order valence-electron chi connectivity index (χ2n) is 3.57. The summed E-state index contributed by atoms with van der Waals surface area (Å²) in [6.45, 7) is 0. The van der Waals surface area contributed by atoms with Crippen molar-refractivity contribution in [3.8, 4) is 6.07 Å². The van der Waals surface area contributed by atoms with Crippen LogP contribution in [-0.2, 0) is 0 Å². The third-order valence-electron chi connectivity index (χ3n) is 2.31. The molecule has 0 aliphatic rings. The second-order valence-corrected chi connectivity index (χ2v) is 4.57. The summed E-state index contributed by atoms with van der Waals surface area (Å²) in [6, 6.07) is 14.5. The predicted molar refractivity (Wildman–Crippen MR) is 70.4 cm³/mol. The van der Waals surface area contributed by atoms with Crippen LogP contribution in [0.1, 0.15) is 15.9 Å². The summed E-state index contributed by atoms with van der Waals surface area (Å²) < 4.78 is 0. The van der Waals surface area contributed by atoms with E-state index in [2.05, 4.69) is 4.98 Å². The number of carbonyl (C=O) groups excluding carboxylic acids is 1. The molecular weight excluding hydrogens is 244 g/mol. The van der Waals surface area contributed by atoms with Crippen LogP contribution in [-0.4, -0.2) is 16.5 Å². The summed E-state index contributed by atoms with van der Waals surface area (Å²) in [6.07, 6.45) is 1.58. The Morgan fingerprint density at radius 3 is 2.78 bits per heavy atom. The van der Waals surface area contributed by atoms with Crippen molar-refractivity contribution >= 4 is 17.5 Å². The molecule has 0 fully saturated rings. The molecule has 88 valence electrons. The quantitative estimate of drug-likeness (QED) is 0.622. The molecule has 0 spiro atoms. The number of nitrogens with zero attached hydrogens (tertiary/aromatic N) is 2. The molecule has 0 aliphatic heterocycles. The van der Waals surface area contributed by atoms with E-state index in [1.807, 2.05) is 24.3 Å². The van der Waals surface area contributed by atoms with Gasteiger partial charge in [-0.25, -0.2) is 4.98 Å². The van der Waals surface area contributed by atoms with Crippen LogP contribution in [0, 0.1) is 11.3 Å². The van der Waals surface area contributed by atoms with Gasteiger partial charge in [0.05, 0.1) is 22.4 Å². The Hall–Kier alpha value is -2.12. The Kier molecular flexibility index (Phi) is 4.11. The fraction of sp³-hybridized carbons (Fsp3) is 0.0714. The summed E-state index contributed by atoms with van der Waals surface area (Å²) in [4.78, 5) is 16.0. The number of hydrogen-bond acceptors (Lipinski definition) is 4. The smallest absolute Gasteiger partial charge is 0.173 e. The lowest BCUT2D eigenvalue weighted by Gasteiger charge is -2.01. The monoisotopic (exact) mass is 254 g/mol. The van der Waals surface area contributed by atoms with Crippen LogP contribution in [0.25, 0.3) is 0 Å². The summed E-state index contributed by atoms with van der Waals surface area (Å²) in [5.41, 5.74) is 1.25. The van der Waals surface area contributed by atoms with Gasteiger partial charge in [0.15, 0.2) is 5.78 Å². The van der Waals surface area contributed by atoms with Crippen molar-refractivity contribution in [2.75, 3.05) is 5.75 Å². The van der Waals surface area contributed by atoms with Crippen LogP contribution in [0.15, 0.2) is 53.7 Å². The normalized spacial score (nSPS) is 9.72. The Morgan fingerprint density at radius 1 is 1.28 bits per heavy atom. The molecule has 1 aromatic carbocycles. The van der Waals surface area contributed by atoms with E-state index in [4.69, 9.17) is 5.26 Å². The van der Waals surface area contributed by atoms with Crippen molar-refractivity contribution in [2.24, 2.45) is 0 Å². The molecule has 0 aliphatic carbocycles. The van der Waals surface area contributed by atoms with Crippen LogP contribution >= 0.6 is 11.8 Å². The molecule has 2 rings (SSSR count). The van der Waals surface area contributed by atoms with Gasteiger partial charge in [0.1, 0.15) is 0 Å². The van der Waals surface area contributed by atoms with Gasteiger partial charge in [0, 0.05) is 11.8 Å². The zero-order valence-electron chi connectivity index (χ0n) is 9.54. The molecule has 3 nitrogen and oxygen atoms in total. The van der Waals surface area contributed by atoms with E-state index in [1.165, 1.54) is 11.8 Å². The molecule has 0 radical (unpaired) electrons. The first kappa shape index (κ1) is 12.3. The van der Waals surface area contributed by atoms with Gasteiger partial charge in [-0.05, 0) is 12.1 Å². The first-order valence-corrected chi connectivity index (χ1v) is 6.35. The zero-order chi connectivity index (χ0) is 12.8. The lowest BCUT2D eigenvalue weighted by Crippen LogP contribution is -2.02. The molecule has 0 amide bonds. The topological polar surface area (TPSA) is 53.8 Å². The van der Waals surface area contributed by atoms with Crippen LogP contribution in [0.3, 0.4) is 0 Å². The average Bonchev–Trinajstić information content (AvgIpc) is 2.46. The highest BCUT2D eigenvalue weighted by Crippen LogP contribution is 2.17. The summed E-state index contributed by atoms with van der Waals surface area (Å²) in [5.74, 6) is 0.385. The molecule has 1 aromatic heterocycles. The van der Waals surface area contributed by atoms with Gasteiger partial charge < -0.3 is 0 Å². The maximum absolute atomic E-state index is 11.9. The fourth-order valence-corrected chi connectivity index (χ4v) is 2.20. The molecule has 0 N–H and O–H groups in total. The maximum atomic E-state index is 11.9. The summed E-state index contributed by atoms with van der Waals surface area (Å²) in [7, 11) is 0. The van der Waals surface area contributed by atoms with Gasteiger partial charge in [-0.15, -0.1) is 0 Å². The molecule has 4 heteroatoms. The Balaban J connectivity index is 2.00. The molecule has 0 saturated carbocycles. The number of carbonyl (C=O) groups is 1. The standard InChI is InChI=1S/C14H10N2OS/c15-9-11-6-7-16-14(8-11)18-10-13(17)12-4-2-1-3-5-12/h1-8H,10H2. The Labute approximate surface area is 109 Å². The lowest BCUT2D eigenvalue weighted by atomic mass is 10.2. The van der Waals surface area contributed by atoms with Gasteiger partial charge in [-0.2, -0.15) is 5.26 Å². The van der Waals surface area contributed by atoms with Crippen molar-refractivity contribution in [1.29, 1.82) is 5.26 Å². The van der Waals surface area contributed by atoms with Crippen molar-refractivity contribution in [3.05, 3.63) is 59.8 Å². The summed E-state index contributed by atoms with van der Waals surface area (Å²) in [5, 5.41) is 9.46. The van der Waals surface area contributed by atoms with Crippen molar-refractivity contribution in [2.45, 2.75) is 5.03 Å². The van der Waals surface area contributed by atoms with Crippen LogP contribution in [0.5, 0.6) is 0 Å². The first-order valence-electron chi connectivity index (χ1n) is 5.37. The minimum Gasteiger partial charge on any atom is -0.293 e. The number of thioether (sulfide) groups is 1. The van der Waals surface area contributed by atoms with E-state index in [0.29, 0.717) is 21.9 Å². The average molecular weight is 254 g/mol. The SMILES string of the molecule is N#Cc1ccnc(SCC(=O)c2ccccc2)c1. The number of benzene rings is 1. The van der Waals surface area contributed by atoms with E-state index >= 15 is 0 Å². The Morgan fingerprint density at radius 2 is 2.06 bits per heavy atom. The number of hydrogen-bond donors (Lipinski definition) is 0. The van der Waals surface area contributed by atoms with Gasteiger partial charge in [-0.3, -0.25) is 4.79 Å². The molecule has 1 heterocycles. The fourth-order valence-electron chi connectivity index (χ4n) is 1.40. The van der Waals surface area contributed by atoms with Gasteiger partial charge in [-0.1, -0.05) is 42.1 Å². The first-order chi connectivity index (χ1) is 8.79. The third kappa shape index (κ3) is 3.19. The van der Waals surface area contributed by atoms with Crippen molar-refractivity contribution in [3.63, 3.8) is 0 Å². The molecule has 0 atom stereocenters. The molecule has 18 heavy (non-hydrogen) atoms. The van der Waals surface area contributed by atoms with E-state index in [0.717, 1.165) is 0 Å². The summed E-state index contributed by atoms with van der Waals surface area (Å²) >= 11 is 1.34. The number of Topliss-reactive ketones (excluding diaryl/α,β-unsaturated/α-hetero) is 1. The second kappa shape index (κ2) is 5.99. The molecule has 0 bridgehead atoms. The molecule has 2 aromatic rings. The van der Waals surface area contributed by atoms with E-state index < -0.39 is 0 Å². The van der Waals surface area contributed by atoms with Gasteiger partial charge >= 0.3 is 0 Å². The molecule has 0 saturated heterocycles. The number of aromatic nitrogens is 1. The highest BCUT2D eigenvalue weighted by atomic mass is 32.2. The third-order valence-corrected chi connectivity index (χ3v) is 3.24. The molecular formula is C14H10N2OS. The van der Waals surface area contributed by atoms with E-state index in [1.54, 1.807) is 30.5 Å². The number of ketones is 1. The highest BCUT2D eigenvalue weighted by molar-refractivity contribution is 7.99.